The highest BCUT2D eigenvalue weighted by Gasteiger charge is 2.27. The topological polar surface area (TPSA) is 78.9 Å². The number of hydrogen-bond acceptors (Lipinski definition) is 4. The molecule has 1 saturated heterocycles. The molecule has 0 bridgehead atoms. The van der Waals surface area contributed by atoms with E-state index in [0.717, 1.165) is 0 Å². The fourth-order valence-corrected chi connectivity index (χ4v) is 3.78. The average Bonchev–Trinajstić information content (AvgIpc) is 2.47. The molecule has 2 N–H and O–H groups in total. The van der Waals surface area contributed by atoms with Crippen LogP contribution in [-0.4, -0.2) is 44.6 Å². The lowest BCUT2D eigenvalue weighted by molar-refractivity contribution is 0.170. The number of halogens is 1. The Balaban J connectivity index is 2.06. The van der Waals surface area contributed by atoms with Gasteiger partial charge in [-0.2, -0.15) is 12.7 Å². The van der Waals surface area contributed by atoms with Gasteiger partial charge in [-0.3, -0.25) is 4.72 Å². The van der Waals surface area contributed by atoms with Crippen molar-refractivity contribution >= 4 is 27.5 Å². The summed E-state index contributed by atoms with van der Waals surface area (Å²) in [5.41, 5.74) is 0.394. The zero-order valence-corrected chi connectivity index (χ0v) is 13.3. The van der Waals surface area contributed by atoms with Crippen LogP contribution < -0.4 is 9.46 Å². The first kappa shape index (κ1) is 16.4. The van der Waals surface area contributed by atoms with Crippen molar-refractivity contribution in [3.8, 4) is 5.75 Å². The lowest BCUT2D eigenvalue weighted by Crippen LogP contribution is -2.42. The molecule has 0 atom stereocenters. The minimum absolute atomic E-state index is 0.107. The van der Waals surface area contributed by atoms with Gasteiger partial charge in [-0.15, -0.1) is 0 Å². The smallest absolute Gasteiger partial charge is 0.301 e. The van der Waals surface area contributed by atoms with Crippen LogP contribution >= 0.6 is 11.6 Å². The molecule has 8 heteroatoms. The molecular weight excluding hydrogens is 316 g/mol. The fraction of sp³-hybridized carbons (Fsp3) is 0.538. The molecule has 118 valence electrons. The zero-order chi connectivity index (χ0) is 15.5. The minimum atomic E-state index is -3.60. The van der Waals surface area contributed by atoms with Gasteiger partial charge >= 0.3 is 10.2 Å². The lowest BCUT2D eigenvalue weighted by Gasteiger charge is -2.30. The van der Waals surface area contributed by atoms with E-state index < -0.39 is 10.2 Å². The maximum Gasteiger partial charge on any atom is 0.301 e. The number of aliphatic hydroxyl groups excluding tert-OH is 1. The van der Waals surface area contributed by atoms with Crippen LogP contribution in [0.3, 0.4) is 0 Å². The van der Waals surface area contributed by atoms with Gasteiger partial charge in [0.2, 0.25) is 0 Å². The van der Waals surface area contributed by atoms with E-state index in [9.17, 15) is 8.42 Å². The monoisotopic (exact) mass is 334 g/mol. The third-order valence-electron chi connectivity index (χ3n) is 3.57. The van der Waals surface area contributed by atoms with Gasteiger partial charge in [-0.1, -0.05) is 11.6 Å². The normalized spacial score (nSPS) is 17.7. The Morgan fingerprint density at radius 2 is 2.10 bits per heavy atom. The quantitative estimate of drug-likeness (QED) is 0.859. The molecule has 0 spiro atoms. The summed E-state index contributed by atoms with van der Waals surface area (Å²) >= 11 is 5.98. The Morgan fingerprint density at radius 3 is 2.62 bits per heavy atom. The first-order valence-corrected chi connectivity index (χ1v) is 8.50. The number of piperidine rings is 1. The molecule has 1 fully saturated rings. The van der Waals surface area contributed by atoms with Crippen molar-refractivity contribution in [2.45, 2.75) is 12.8 Å². The summed E-state index contributed by atoms with van der Waals surface area (Å²) in [6.07, 6.45) is 1.33. The maximum atomic E-state index is 12.3. The van der Waals surface area contributed by atoms with Gasteiger partial charge in [-0.25, -0.2) is 0 Å². The standard InChI is InChI=1S/C13H19ClN2O4S/c1-20-13-3-2-11(8-12(13)14)15-21(18,19)16-6-4-10(9-17)5-7-16/h2-3,8,10,15,17H,4-7,9H2,1H3. The first-order valence-electron chi connectivity index (χ1n) is 6.68. The Hall–Kier alpha value is -1.02. The van der Waals surface area contributed by atoms with Crippen LogP contribution in [0, 0.1) is 5.92 Å². The second kappa shape index (κ2) is 6.83. The van der Waals surface area contributed by atoms with Crippen molar-refractivity contribution in [2.24, 2.45) is 5.92 Å². The number of nitrogens with zero attached hydrogens (tertiary/aromatic N) is 1. The third kappa shape index (κ3) is 4.00. The SMILES string of the molecule is COc1ccc(NS(=O)(=O)N2CCC(CO)CC2)cc1Cl. The molecule has 6 nitrogen and oxygen atoms in total. The molecule has 1 heterocycles. The number of anilines is 1. The molecule has 1 aromatic carbocycles. The number of nitrogens with one attached hydrogen (secondary N) is 1. The van der Waals surface area contributed by atoms with Crippen LogP contribution in [0.15, 0.2) is 18.2 Å². The summed E-state index contributed by atoms with van der Waals surface area (Å²) in [6.45, 7) is 0.921. The van der Waals surface area contributed by atoms with Crippen molar-refractivity contribution in [1.29, 1.82) is 0 Å². The van der Waals surface area contributed by atoms with Crippen LogP contribution in [0.25, 0.3) is 0 Å². The number of ether oxygens (including phenoxy) is 1. The average molecular weight is 335 g/mol. The van der Waals surface area contributed by atoms with E-state index in [4.69, 9.17) is 21.4 Å². The Labute approximate surface area is 129 Å². The number of rotatable bonds is 5. The molecular formula is C13H19ClN2O4S. The molecule has 1 aliphatic heterocycles. The van der Waals surface area contributed by atoms with E-state index in [1.54, 1.807) is 12.1 Å². The van der Waals surface area contributed by atoms with Crippen molar-refractivity contribution in [3.63, 3.8) is 0 Å². The molecule has 0 aliphatic carbocycles. The largest absolute Gasteiger partial charge is 0.495 e. The molecule has 1 aliphatic rings. The number of methoxy groups -OCH3 is 1. The molecule has 0 unspecified atom stereocenters. The van der Waals surface area contributed by atoms with Gasteiger partial charge in [0.25, 0.3) is 0 Å². The van der Waals surface area contributed by atoms with Gasteiger partial charge in [0.15, 0.2) is 0 Å². The fourth-order valence-electron chi connectivity index (χ4n) is 2.28. The van der Waals surface area contributed by atoms with Crippen molar-refractivity contribution < 1.29 is 18.3 Å². The van der Waals surface area contributed by atoms with E-state index >= 15 is 0 Å². The molecule has 0 amide bonds. The van der Waals surface area contributed by atoms with E-state index in [1.165, 1.54) is 17.5 Å². The Bertz CT molecular complexity index is 586. The van der Waals surface area contributed by atoms with E-state index in [-0.39, 0.29) is 12.5 Å². The molecule has 2 rings (SSSR count). The maximum absolute atomic E-state index is 12.3. The summed E-state index contributed by atoms with van der Waals surface area (Å²) in [6, 6.07) is 4.72. The summed E-state index contributed by atoms with van der Waals surface area (Å²) in [5, 5.41) is 9.43. The Morgan fingerprint density at radius 1 is 1.43 bits per heavy atom. The highest BCUT2D eigenvalue weighted by Crippen LogP contribution is 2.28. The van der Waals surface area contributed by atoms with Crippen LogP contribution in [0.5, 0.6) is 5.75 Å². The highest BCUT2D eigenvalue weighted by atomic mass is 35.5. The predicted octanol–water partition coefficient (Wildman–Crippen LogP) is 1.71. The summed E-state index contributed by atoms with van der Waals surface area (Å²) in [4.78, 5) is 0. The lowest BCUT2D eigenvalue weighted by atomic mass is 10.00. The molecule has 0 radical (unpaired) electrons. The van der Waals surface area contributed by atoms with Gasteiger partial charge in [0, 0.05) is 19.7 Å². The number of aliphatic hydroxyl groups is 1. The van der Waals surface area contributed by atoms with Crippen LogP contribution in [-0.2, 0) is 10.2 Å². The third-order valence-corrected chi connectivity index (χ3v) is 5.40. The summed E-state index contributed by atoms with van der Waals surface area (Å²) < 4.78 is 33.5. The Kier molecular flexibility index (Phi) is 5.32. The second-order valence-corrected chi connectivity index (χ2v) is 7.06. The van der Waals surface area contributed by atoms with Crippen LogP contribution in [0.2, 0.25) is 5.02 Å². The molecule has 1 aromatic rings. The van der Waals surface area contributed by atoms with E-state index in [2.05, 4.69) is 4.72 Å². The van der Waals surface area contributed by atoms with Crippen molar-refractivity contribution in [3.05, 3.63) is 23.2 Å². The van der Waals surface area contributed by atoms with Crippen LogP contribution in [0.1, 0.15) is 12.8 Å². The number of benzene rings is 1. The molecule has 21 heavy (non-hydrogen) atoms. The van der Waals surface area contributed by atoms with Crippen LogP contribution in [0.4, 0.5) is 5.69 Å². The van der Waals surface area contributed by atoms with Crippen molar-refractivity contribution in [1.82, 2.24) is 4.31 Å². The second-order valence-electron chi connectivity index (χ2n) is 4.98. The van der Waals surface area contributed by atoms with E-state index in [1.807, 2.05) is 0 Å². The number of hydrogen-bond donors (Lipinski definition) is 2. The predicted molar refractivity (Wildman–Crippen MR) is 81.9 cm³/mol. The first-order chi connectivity index (χ1) is 9.96. The van der Waals surface area contributed by atoms with Gasteiger partial charge < -0.3 is 9.84 Å². The van der Waals surface area contributed by atoms with E-state index in [0.29, 0.717) is 42.4 Å². The highest BCUT2D eigenvalue weighted by molar-refractivity contribution is 7.90. The summed E-state index contributed by atoms with van der Waals surface area (Å²) in [7, 11) is -2.11. The van der Waals surface area contributed by atoms with Gasteiger partial charge in [0.05, 0.1) is 17.8 Å². The summed E-state index contributed by atoms with van der Waals surface area (Å²) in [5.74, 6) is 0.676. The zero-order valence-electron chi connectivity index (χ0n) is 11.8. The van der Waals surface area contributed by atoms with Crippen molar-refractivity contribution in [2.75, 3.05) is 31.5 Å². The van der Waals surface area contributed by atoms with Gasteiger partial charge in [0.1, 0.15) is 5.75 Å². The minimum Gasteiger partial charge on any atom is -0.495 e. The van der Waals surface area contributed by atoms with Gasteiger partial charge in [-0.05, 0) is 37.0 Å². The molecule has 0 saturated carbocycles. The molecule has 0 aromatic heterocycles.